The molecule has 0 saturated heterocycles. The van der Waals surface area contributed by atoms with E-state index < -0.39 is 47.4 Å². The number of carbonyl (C=O) groups is 4. The lowest BCUT2D eigenvalue weighted by Crippen LogP contribution is -2.58. The molecule has 2 aromatic carbocycles. The van der Waals surface area contributed by atoms with Gasteiger partial charge in [0.2, 0.25) is 5.91 Å². The van der Waals surface area contributed by atoms with Crippen LogP contribution in [0.4, 0.5) is 4.79 Å². The van der Waals surface area contributed by atoms with E-state index in [1.54, 1.807) is 69.3 Å². The fourth-order valence-corrected chi connectivity index (χ4v) is 3.42. The highest BCUT2D eigenvalue weighted by molar-refractivity contribution is 5.93. The minimum atomic E-state index is -1.50. The SMILES string of the molecule is C[C@H](NC(=O)[C@@H](NC(=O)OCc1ccccc1)C(C(=O)O)C(C)(C)C)C(=O)OCc1ccccc1. The highest BCUT2D eigenvalue weighted by atomic mass is 16.5. The van der Waals surface area contributed by atoms with Crippen molar-refractivity contribution in [2.75, 3.05) is 0 Å². The molecular weight excluding hydrogens is 452 g/mol. The molecule has 9 heteroatoms. The number of carboxylic acids is 1. The molecule has 3 N–H and O–H groups in total. The van der Waals surface area contributed by atoms with E-state index in [1.807, 2.05) is 12.1 Å². The third kappa shape index (κ3) is 8.77. The third-order valence-corrected chi connectivity index (χ3v) is 5.24. The van der Waals surface area contributed by atoms with Gasteiger partial charge in [-0.3, -0.25) is 9.59 Å². The largest absolute Gasteiger partial charge is 0.481 e. The van der Waals surface area contributed by atoms with Crippen molar-refractivity contribution >= 4 is 23.9 Å². The molecule has 0 aliphatic rings. The zero-order chi connectivity index (χ0) is 26.0. The monoisotopic (exact) mass is 484 g/mol. The van der Waals surface area contributed by atoms with Gasteiger partial charge >= 0.3 is 18.0 Å². The predicted octanol–water partition coefficient (Wildman–Crippen LogP) is 3.28. The highest BCUT2D eigenvalue weighted by Crippen LogP contribution is 2.29. The van der Waals surface area contributed by atoms with Gasteiger partial charge in [-0.15, -0.1) is 0 Å². The van der Waals surface area contributed by atoms with Crippen molar-refractivity contribution in [1.29, 1.82) is 0 Å². The van der Waals surface area contributed by atoms with Crippen molar-refractivity contribution in [2.45, 2.75) is 53.0 Å². The summed E-state index contributed by atoms with van der Waals surface area (Å²) in [7, 11) is 0. The average Bonchev–Trinajstić information content (AvgIpc) is 2.80. The Morgan fingerprint density at radius 3 is 1.77 bits per heavy atom. The van der Waals surface area contributed by atoms with E-state index in [2.05, 4.69) is 10.6 Å². The molecule has 0 aliphatic carbocycles. The van der Waals surface area contributed by atoms with Crippen molar-refractivity contribution in [3.63, 3.8) is 0 Å². The Bertz CT molecular complexity index is 1000. The molecule has 3 atom stereocenters. The lowest BCUT2D eigenvalue weighted by molar-refractivity contribution is -0.151. The molecule has 0 bridgehead atoms. The summed E-state index contributed by atoms with van der Waals surface area (Å²) >= 11 is 0. The molecule has 2 aromatic rings. The zero-order valence-electron chi connectivity index (χ0n) is 20.3. The van der Waals surface area contributed by atoms with E-state index in [1.165, 1.54) is 6.92 Å². The van der Waals surface area contributed by atoms with Gasteiger partial charge in [-0.1, -0.05) is 81.4 Å². The number of esters is 1. The molecule has 0 radical (unpaired) electrons. The predicted molar refractivity (Wildman–Crippen MR) is 128 cm³/mol. The van der Waals surface area contributed by atoms with Gasteiger partial charge in [0.15, 0.2) is 0 Å². The summed E-state index contributed by atoms with van der Waals surface area (Å²) in [6, 6.07) is 15.3. The molecule has 0 heterocycles. The van der Waals surface area contributed by atoms with Crippen LogP contribution in [0.2, 0.25) is 0 Å². The molecule has 2 amide bonds. The summed E-state index contributed by atoms with van der Waals surface area (Å²) in [5, 5.41) is 14.7. The first-order chi connectivity index (χ1) is 16.5. The van der Waals surface area contributed by atoms with E-state index in [9.17, 15) is 24.3 Å². The standard InChI is InChI=1S/C26H32N2O7/c1-17(24(32)34-15-18-11-7-5-8-12-18)27-22(29)21(20(23(30)31)26(2,3)4)28-25(33)35-16-19-13-9-6-10-14-19/h5-14,17,20-21H,15-16H2,1-4H3,(H,27,29)(H,28,33)(H,30,31)/t17-,20?,21-/m0/s1. The maximum Gasteiger partial charge on any atom is 0.408 e. The smallest absolute Gasteiger partial charge is 0.408 e. The van der Waals surface area contributed by atoms with Crippen molar-refractivity contribution in [3.05, 3.63) is 71.8 Å². The fraction of sp³-hybridized carbons (Fsp3) is 0.385. The van der Waals surface area contributed by atoms with Crippen molar-refractivity contribution in [1.82, 2.24) is 10.6 Å². The maximum absolute atomic E-state index is 13.1. The molecule has 0 aromatic heterocycles. The van der Waals surface area contributed by atoms with Crippen LogP contribution in [0.5, 0.6) is 0 Å². The van der Waals surface area contributed by atoms with Crippen LogP contribution in [0.3, 0.4) is 0 Å². The summed E-state index contributed by atoms with van der Waals surface area (Å²) in [4.78, 5) is 50.0. The topological polar surface area (TPSA) is 131 Å². The van der Waals surface area contributed by atoms with E-state index in [0.717, 1.165) is 11.1 Å². The van der Waals surface area contributed by atoms with Crippen LogP contribution >= 0.6 is 0 Å². The van der Waals surface area contributed by atoms with E-state index >= 15 is 0 Å². The van der Waals surface area contributed by atoms with Gasteiger partial charge in [-0.2, -0.15) is 0 Å². The van der Waals surface area contributed by atoms with Crippen molar-refractivity contribution < 1.29 is 33.8 Å². The van der Waals surface area contributed by atoms with Gasteiger partial charge in [0.1, 0.15) is 25.3 Å². The molecule has 9 nitrogen and oxygen atoms in total. The summed E-state index contributed by atoms with van der Waals surface area (Å²) in [6.45, 7) is 6.30. The van der Waals surface area contributed by atoms with Crippen LogP contribution in [0.15, 0.2) is 60.7 Å². The summed E-state index contributed by atoms with van der Waals surface area (Å²) < 4.78 is 10.4. The van der Waals surface area contributed by atoms with E-state index in [4.69, 9.17) is 9.47 Å². The van der Waals surface area contributed by atoms with Crippen LogP contribution in [-0.2, 0) is 37.1 Å². The number of alkyl carbamates (subject to hydrolysis) is 1. The Labute approximate surface area is 204 Å². The maximum atomic E-state index is 13.1. The molecule has 1 unspecified atom stereocenters. The van der Waals surface area contributed by atoms with Crippen molar-refractivity contribution in [2.24, 2.45) is 11.3 Å². The van der Waals surface area contributed by atoms with E-state index in [0.29, 0.717) is 0 Å². The van der Waals surface area contributed by atoms with Crippen LogP contribution in [0.1, 0.15) is 38.8 Å². The second-order valence-corrected chi connectivity index (χ2v) is 9.19. The molecule has 0 fully saturated rings. The molecule has 0 spiro atoms. The number of nitrogens with one attached hydrogen (secondary N) is 2. The Balaban J connectivity index is 2.08. The van der Waals surface area contributed by atoms with Gasteiger partial charge in [0, 0.05) is 0 Å². The summed E-state index contributed by atoms with van der Waals surface area (Å²) in [5.41, 5.74) is 0.597. The number of carbonyl (C=O) groups excluding carboxylic acids is 3. The number of amides is 2. The van der Waals surface area contributed by atoms with Gasteiger partial charge < -0.3 is 25.2 Å². The first kappa shape index (κ1) is 27.4. The Hall–Kier alpha value is -3.88. The van der Waals surface area contributed by atoms with Crippen LogP contribution in [0, 0.1) is 11.3 Å². The normalized spacial score (nSPS) is 13.6. The molecule has 2 rings (SSSR count). The lowest BCUT2D eigenvalue weighted by atomic mass is 9.76. The number of aliphatic carboxylic acids is 1. The second-order valence-electron chi connectivity index (χ2n) is 9.19. The number of ether oxygens (including phenoxy) is 2. The van der Waals surface area contributed by atoms with Gasteiger partial charge in [-0.05, 0) is 23.5 Å². The lowest BCUT2D eigenvalue weighted by Gasteiger charge is -2.33. The number of benzene rings is 2. The van der Waals surface area contributed by atoms with Gasteiger partial charge in [0.25, 0.3) is 0 Å². The molecule has 188 valence electrons. The van der Waals surface area contributed by atoms with Crippen LogP contribution < -0.4 is 10.6 Å². The Kier molecular flexibility index (Phi) is 9.81. The number of hydrogen-bond acceptors (Lipinski definition) is 6. The minimum absolute atomic E-state index is 0.0209. The molecule has 0 aliphatic heterocycles. The second kappa shape index (κ2) is 12.5. The van der Waals surface area contributed by atoms with E-state index in [-0.39, 0.29) is 13.2 Å². The Morgan fingerprint density at radius 1 is 0.829 bits per heavy atom. The average molecular weight is 485 g/mol. The van der Waals surface area contributed by atoms with Crippen molar-refractivity contribution in [3.8, 4) is 0 Å². The fourth-order valence-electron chi connectivity index (χ4n) is 3.42. The molecule has 0 saturated carbocycles. The Morgan fingerprint density at radius 2 is 1.31 bits per heavy atom. The molecule has 35 heavy (non-hydrogen) atoms. The quantitative estimate of drug-likeness (QED) is 0.441. The van der Waals surface area contributed by atoms with Crippen LogP contribution in [-0.4, -0.2) is 41.1 Å². The first-order valence-electron chi connectivity index (χ1n) is 11.2. The molecular formula is C26H32N2O7. The summed E-state index contributed by atoms with van der Waals surface area (Å²) in [5.74, 6) is -4.12. The van der Waals surface area contributed by atoms with Gasteiger partial charge in [0.05, 0.1) is 5.92 Å². The minimum Gasteiger partial charge on any atom is -0.481 e. The van der Waals surface area contributed by atoms with Crippen LogP contribution in [0.25, 0.3) is 0 Å². The number of hydrogen-bond donors (Lipinski definition) is 3. The zero-order valence-corrected chi connectivity index (χ0v) is 20.3. The summed E-state index contributed by atoms with van der Waals surface area (Å²) in [6.07, 6.45) is -0.955. The third-order valence-electron chi connectivity index (χ3n) is 5.24. The number of carboxylic acid groups (broad SMARTS) is 1. The highest BCUT2D eigenvalue weighted by Gasteiger charge is 2.43. The van der Waals surface area contributed by atoms with Gasteiger partial charge in [-0.25, -0.2) is 9.59 Å². The first-order valence-corrected chi connectivity index (χ1v) is 11.2. The number of rotatable bonds is 10.